The number of thioether (sulfide) groups is 1. The number of benzene rings is 1. The molecule has 3 unspecified atom stereocenters. The highest BCUT2D eigenvalue weighted by atomic mass is 32.2. The predicted octanol–water partition coefficient (Wildman–Crippen LogP) is 3.42. The monoisotopic (exact) mass is 281 g/mol. The molecule has 0 aliphatic heterocycles. The largest absolute Gasteiger partial charge is 0.508 e. The zero-order valence-electron chi connectivity index (χ0n) is 11.6. The molecule has 19 heavy (non-hydrogen) atoms. The number of phenols is 2. The van der Waals surface area contributed by atoms with Gasteiger partial charge in [0.1, 0.15) is 11.5 Å². The third-order valence-corrected chi connectivity index (χ3v) is 5.05. The minimum Gasteiger partial charge on any atom is -0.508 e. The number of nitrogens with one attached hydrogen (secondary N) is 1. The Labute approximate surface area is 119 Å². The quantitative estimate of drug-likeness (QED) is 0.774. The second-order valence-electron chi connectivity index (χ2n) is 5.20. The maximum atomic E-state index is 9.55. The summed E-state index contributed by atoms with van der Waals surface area (Å²) >= 11 is 2.03. The van der Waals surface area contributed by atoms with Gasteiger partial charge in [0.05, 0.1) is 0 Å². The van der Waals surface area contributed by atoms with Gasteiger partial charge in [-0.15, -0.1) is 0 Å². The fraction of sp³-hybridized carbons (Fsp3) is 0.600. The van der Waals surface area contributed by atoms with E-state index < -0.39 is 0 Å². The van der Waals surface area contributed by atoms with Crippen molar-refractivity contribution in [2.75, 3.05) is 5.75 Å². The Kier molecular flexibility index (Phi) is 4.99. The van der Waals surface area contributed by atoms with Crippen LogP contribution in [0.2, 0.25) is 0 Å². The summed E-state index contributed by atoms with van der Waals surface area (Å²) in [4.78, 5) is 0. The van der Waals surface area contributed by atoms with Gasteiger partial charge in [0, 0.05) is 23.4 Å². The minimum absolute atomic E-state index is 0.120. The molecule has 1 aromatic carbocycles. The molecular weight excluding hydrogens is 258 g/mol. The van der Waals surface area contributed by atoms with Crippen molar-refractivity contribution in [3.63, 3.8) is 0 Å². The number of hydrogen-bond acceptors (Lipinski definition) is 4. The summed E-state index contributed by atoms with van der Waals surface area (Å²) in [6.45, 7) is 4.29. The lowest BCUT2D eigenvalue weighted by molar-refractivity contribution is 0.438. The maximum absolute atomic E-state index is 9.55. The molecule has 0 spiro atoms. The highest BCUT2D eigenvalue weighted by Gasteiger charge is 2.28. The van der Waals surface area contributed by atoms with Crippen LogP contribution in [-0.2, 0) is 0 Å². The number of phenolic OH excluding ortho intramolecular Hbond substituents is 2. The van der Waals surface area contributed by atoms with Gasteiger partial charge in [-0.05, 0) is 43.2 Å². The van der Waals surface area contributed by atoms with Crippen LogP contribution in [0.4, 0.5) is 0 Å². The molecule has 0 amide bonds. The lowest BCUT2D eigenvalue weighted by Gasteiger charge is -2.25. The normalized spacial score (nSPS) is 24.5. The molecule has 106 valence electrons. The van der Waals surface area contributed by atoms with E-state index in [4.69, 9.17) is 0 Å². The summed E-state index contributed by atoms with van der Waals surface area (Å²) < 4.78 is 0. The van der Waals surface area contributed by atoms with E-state index in [0.29, 0.717) is 11.3 Å². The summed E-state index contributed by atoms with van der Waals surface area (Å²) in [5.41, 5.74) is 0.935. The van der Waals surface area contributed by atoms with Gasteiger partial charge >= 0.3 is 0 Å². The average Bonchev–Trinajstić information content (AvgIpc) is 2.76. The van der Waals surface area contributed by atoms with E-state index in [1.165, 1.54) is 25.3 Å². The topological polar surface area (TPSA) is 52.5 Å². The molecule has 3 nitrogen and oxygen atoms in total. The lowest BCUT2D eigenvalue weighted by atomic mass is 10.1. The van der Waals surface area contributed by atoms with E-state index in [2.05, 4.69) is 19.2 Å². The Hall–Kier alpha value is -0.870. The molecule has 4 heteroatoms. The van der Waals surface area contributed by atoms with Gasteiger partial charge in [-0.3, -0.25) is 0 Å². The van der Waals surface area contributed by atoms with Crippen LogP contribution in [0, 0.1) is 0 Å². The van der Waals surface area contributed by atoms with E-state index in [-0.39, 0.29) is 17.5 Å². The Balaban J connectivity index is 2.01. The molecule has 3 atom stereocenters. The first-order valence-corrected chi connectivity index (χ1v) is 8.05. The van der Waals surface area contributed by atoms with E-state index in [9.17, 15) is 10.2 Å². The predicted molar refractivity (Wildman–Crippen MR) is 80.9 cm³/mol. The van der Waals surface area contributed by atoms with E-state index in [1.54, 1.807) is 12.1 Å². The number of hydrogen-bond donors (Lipinski definition) is 3. The number of aromatic hydroxyl groups is 2. The van der Waals surface area contributed by atoms with Crippen molar-refractivity contribution in [1.29, 1.82) is 0 Å². The molecule has 1 aliphatic rings. The summed E-state index contributed by atoms with van der Waals surface area (Å²) in [7, 11) is 0. The van der Waals surface area contributed by atoms with Crippen molar-refractivity contribution in [1.82, 2.24) is 5.32 Å². The maximum Gasteiger partial charge on any atom is 0.119 e. The van der Waals surface area contributed by atoms with Crippen LogP contribution < -0.4 is 5.32 Å². The van der Waals surface area contributed by atoms with E-state index >= 15 is 0 Å². The fourth-order valence-corrected chi connectivity index (χ4v) is 4.02. The van der Waals surface area contributed by atoms with Crippen LogP contribution in [-0.4, -0.2) is 27.3 Å². The Morgan fingerprint density at radius 3 is 2.58 bits per heavy atom. The molecule has 0 heterocycles. The molecule has 0 saturated heterocycles. The highest BCUT2D eigenvalue weighted by molar-refractivity contribution is 7.99. The van der Waals surface area contributed by atoms with Gasteiger partial charge in [-0.1, -0.05) is 13.3 Å². The fourth-order valence-electron chi connectivity index (χ4n) is 2.82. The molecule has 1 aromatic rings. The molecular formula is C15H23NO2S. The zero-order valence-corrected chi connectivity index (χ0v) is 12.4. The van der Waals surface area contributed by atoms with Crippen molar-refractivity contribution < 1.29 is 10.2 Å². The van der Waals surface area contributed by atoms with E-state index in [0.717, 1.165) is 11.3 Å². The van der Waals surface area contributed by atoms with Crippen LogP contribution in [0.3, 0.4) is 0 Å². The Morgan fingerprint density at radius 2 is 1.95 bits per heavy atom. The molecule has 1 saturated carbocycles. The van der Waals surface area contributed by atoms with Crippen LogP contribution in [0.15, 0.2) is 18.2 Å². The molecule has 1 fully saturated rings. The van der Waals surface area contributed by atoms with Crippen LogP contribution >= 0.6 is 11.8 Å². The summed E-state index contributed by atoms with van der Waals surface area (Å²) in [5.74, 6) is 1.40. The molecule has 0 aromatic heterocycles. The van der Waals surface area contributed by atoms with Crippen molar-refractivity contribution in [3.8, 4) is 11.5 Å². The lowest BCUT2D eigenvalue weighted by Crippen LogP contribution is -2.36. The van der Waals surface area contributed by atoms with Gasteiger partial charge in [0.25, 0.3) is 0 Å². The molecule has 0 bridgehead atoms. The second kappa shape index (κ2) is 6.53. The van der Waals surface area contributed by atoms with Gasteiger partial charge in [0.2, 0.25) is 0 Å². The third kappa shape index (κ3) is 3.80. The van der Waals surface area contributed by atoms with Crippen molar-refractivity contribution in [2.24, 2.45) is 0 Å². The van der Waals surface area contributed by atoms with E-state index in [1.807, 2.05) is 11.8 Å². The first-order chi connectivity index (χ1) is 9.10. The molecule has 1 aliphatic carbocycles. The smallest absolute Gasteiger partial charge is 0.119 e. The Bertz CT molecular complexity index is 404. The first-order valence-electron chi connectivity index (χ1n) is 7.00. The average molecular weight is 281 g/mol. The number of rotatable bonds is 5. The highest BCUT2D eigenvalue weighted by Crippen LogP contribution is 2.32. The van der Waals surface area contributed by atoms with Gasteiger partial charge in [-0.2, -0.15) is 11.8 Å². The Morgan fingerprint density at radius 1 is 1.26 bits per heavy atom. The molecule has 2 rings (SSSR count). The van der Waals surface area contributed by atoms with Crippen molar-refractivity contribution in [3.05, 3.63) is 23.8 Å². The van der Waals surface area contributed by atoms with Gasteiger partial charge in [-0.25, -0.2) is 0 Å². The summed E-state index contributed by atoms with van der Waals surface area (Å²) in [6, 6.07) is 5.47. The van der Waals surface area contributed by atoms with Crippen LogP contribution in [0.5, 0.6) is 11.5 Å². The summed E-state index contributed by atoms with van der Waals surface area (Å²) in [6.07, 6.45) is 3.79. The molecule has 0 radical (unpaired) electrons. The standard InChI is InChI=1S/C15H23NO2S/c1-3-19-15-6-4-5-14(15)16-10(2)11-7-12(17)9-13(18)8-11/h7-10,14-18H,3-6H2,1-2H3. The van der Waals surface area contributed by atoms with Crippen LogP contribution in [0.1, 0.15) is 44.7 Å². The summed E-state index contributed by atoms with van der Waals surface area (Å²) in [5, 5.41) is 23.4. The molecule has 3 N–H and O–H groups in total. The first kappa shape index (κ1) is 14.5. The minimum atomic E-state index is 0.120. The zero-order chi connectivity index (χ0) is 13.8. The second-order valence-corrected chi connectivity index (χ2v) is 6.72. The van der Waals surface area contributed by atoms with Crippen molar-refractivity contribution in [2.45, 2.75) is 50.4 Å². The SMILES string of the molecule is CCSC1CCCC1NC(C)c1cc(O)cc(O)c1. The van der Waals surface area contributed by atoms with Gasteiger partial charge < -0.3 is 15.5 Å². The van der Waals surface area contributed by atoms with Crippen molar-refractivity contribution >= 4 is 11.8 Å². The third-order valence-electron chi connectivity index (χ3n) is 3.72. The van der Waals surface area contributed by atoms with Gasteiger partial charge in [0.15, 0.2) is 0 Å². The van der Waals surface area contributed by atoms with Crippen LogP contribution in [0.25, 0.3) is 0 Å².